The molecule has 20 heavy (non-hydrogen) atoms. The van der Waals surface area contributed by atoms with Crippen LogP contribution in [0.15, 0.2) is 18.2 Å². The summed E-state index contributed by atoms with van der Waals surface area (Å²) in [4.78, 5) is 4.84. The topological polar surface area (TPSA) is 24.9 Å². The van der Waals surface area contributed by atoms with E-state index >= 15 is 0 Å². The quantitative estimate of drug-likeness (QED) is 0.803. The van der Waals surface area contributed by atoms with Gasteiger partial charge in [-0.2, -0.15) is 0 Å². The Bertz CT molecular complexity index is 622. The predicted octanol–water partition coefficient (Wildman–Crippen LogP) is 4.98. The number of unbranched alkanes of at least 4 members (excludes halogenated alkanes) is 1. The highest BCUT2D eigenvalue weighted by Crippen LogP contribution is 2.34. The third-order valence-electron chi connectivity index (χ3n) is 4.06. The van der Waals surface area contributed by atoms with Gasteiger partial charge in [0.1, 0.15) is 0 Å². The van der Waals surface area contributed by atoms with Gasteiger partial charge in [0.25, 0.3) is 0 Å². The fourth-order valence-corrected chi connectivity index (χ4v) is 3.16. The van der Waals surface area contributed by atoms with Gasteiger partial charge in [0.2, 0.25) is 0 Å². The van der Waals surface area contributed by atoms with Crippen molar-refractivity contribution in [3.05, 3.63) is 34.5 Å². The number of hydrogen-bond donors (Lipinski definition) is 1. The molecule has 1 aliphatic carbocycles. The van der Waals surface area contributed by atoms with Gasteiger partial charge in [0.15, 0.2) is 0 Å². The van der Waals surface area contributed by atoms with Crippen LogP contribution >= 0.6 is 11.6 Å². The van der Waals surface area contributed by atoms with Crippen LogP contribution in [-0.4, -0.2) is 11.5 Å². The molecule has 1 aliphatic rings. The molecule has 0 unspecified atom stereocenters. The molecule has 0 spiro atoms. The van der Waals surface area contributed by atoms with Crippen LogP contribution in [0.1, 0.15) is 43.9 Å². The molecule has 0 radical (unpaired) electrons. The van der Waals surface area contributed by atoms with E-state index in [-0.39, 0.29) is 0 Å². The molecule has 3 rings (SSSR count). The van der Waals surface area contributed by atoms with Crippen molar-refractivity contribution in [3.63, 3.8) is 0 Å². The van der Waals surface area contributed by atoms with Gasteiger partial charge < -0.3 is 5.32 Å². The smallest absolute Gasteiger partial charge is 0.0741 e. The molecule has 2 aromatic rings. The lowest BCUT2D eigenvalue weighted by molar-refractivity contribution is 0.671. The molecule has 0 atom stereocenters. The Morgan fingerprint density at radius 1 is 1.25 bits per heavy atom. The number of fused-ring (bicyclic) bond motifs is 2. The van der Waals surface area contributed by atoms with Crippen LogP contribution in [0.5, 0.6) is 0 Å². The Morgan fingerprint density at radius 2 is 2.10 bits per heavy atom. The second kappa shape index (κ2) is 6.01. The van der Waals surface area contributed by atoms with Crippen molar-refractivity contribution >= 4 is 28.2 Å². The van der Waals surface area contributed by atoms with Gasteiger partial charge in [0, 0.05) is 28.3 Å². The van der Waals surface area contributed by atoms with E-state index < -0.39 is 0 Å². The van der Waals surface area contributed by atoms with E-state index in [2.05, 4.69) is 18.3 Å². The molecule has 1 aromatic heterocycles. The summed E-state index contributed by atoms with van der Waals surface area (Å²) in [5.74, 6) is 0. The Balaban J connectivity index is 2.11. The van der Waals surface area contributed by atoms with Crippen molar-refractivity contribution in [1.29, 1.82) is 0 Å². The summed E-state index contributed by atoms with van der Waals surface area (Å²) in [5, 5.41) is 5.63. The van der Waals surface area contributed by atoms with Crippen molar-refractivity contribution in [2.75, 3.05) is 11.9 Å². The Morgan fingerprint density at radius 3 is 2.95 bits per heavy atom. The molecule has 106 valence electrons. The first kappa shape index (κ1) is 13.7. The molecule has 0 saturated carbocycles. The number of aryl methyl sites for hydroxylation is 1. The number of hydrogen-bond acceptors (Lipinski definition) is 2. The zero-order chi connectivity index (χ0) is 13.9. The zero-order valence-electron chi connectivity index (χ0n) is 12.0. The minimum atomic E-state index is 0.764. The summed E-state index contributed by atoms with van der Waals surface area (Å²) in [7, 11) is 0. The Labute approximate surface area is 125 Å². The summed E-state index contributed by atoms with van der Waals surface area (Å²) < 4.78 is 0. The Hall–Kier alpha value is -1.28. The fourth-order valence-electron chi connectivity index (χ4n) is 2.99. The molecule has 0 fully saturated rings. The first-order chi connectivity index (χ1) is 9.79. The van der Waals surface area contributed by atoms with Crippen molar-refractivity contribution < 1.29 is 0 Å². The maximum Gasteiger partial charge on any atom is 0.0741 e. The first-order valence-electron chi connectivity index (χ1n) is 7.64. The van der Waals surface area contributed by atoms with Gasteiger partial charge in [-0.15, -0.1) is 0 Å². The molecule has 0 saturated heterocycles. The van der Waals surface area contributed by atoms with Crippen LogP contribution in [0, 0.1) is 0 Å². The monoisotopic (exact) mass is 288 g/mol. The van der Waals surface area contributed by atoms with E-state index in [9.17, 15) is 0 Å². The van der Waals surface area contributed by atoms with Gasteiger partial charge in [0.05, 0.1) is 5.52 Å². The lowest BCUT2D eigenvalue weighted by Gasteiger charge is -2.21. The van der Waals surface area contributed by atoms with Gasteiger partial charge >= 0.3 is 0 Å². The molecular formula is C17H21ClN2. The number of nitrogens with one attached hydrogen (secondary N) is 1. The number of benzene rings is 1. The van der Waals surface area contributed by atoms with Crippen LogP contribution in [0.2, 0.25) is 5.02 Å². The second-order valence-corrected chi connectivity index (χ2v) is 6.00. The SMILES string of the molecule is CCCCNc1c2c(nc3cc(Cl)ccc13)CCCC2. The fraction of sp³-hybridized carbons (Fsp3) is 0.471. The van der Waals surface area contributed by atoms with Gasteiger partial charge in [-0.1, -0.05) is 24.9 Å². The normalized spacial score (nSPS) is 14.3. The van der Waals surface area contributed by atoms with E-state index in [1.165, 1.54) is 48.0 Å². The predicted molar refractivity (Wildman–Crippen MR) is 86.8 cm³/mol. The largest absolute Gasteiger partial charge is 0.384 e. The lowest BCUT2D eigenvalue weighted by Crippen LogP contribution is -2.12. The molecule has 1 aromatic carbocycles. The van der Waals surface area contributed by atoms with Crippen molar-refractivity contribution in [2.24, 2.45) is 0 Å². The average molecular weight is 289 g/mol. The number of anilines is 1. The molecule has 0 bridgehead atoms. The molecule has 3 heteroatoms. The maximum absolute atomic E-state index is 6.12. The van der Waals surface area contributed by atoms with Crippen LogP contribution in [0.25, 0.3) is 10.9 Å². The summed E-state index contributed by atoms with van der Waals surface area (Å²) in [6.07, 6.45) is 7.18. The summed E-state index contributed by atoms with van der Waals surface area (Å²) in [5.41, 5.74) is 5.03. The third kappa shape index (κ3) is 2.62. The number of nitrogens with zero attached hydrogens (tertiary/aromatic N) is 1. The van der Waals surface area contributed by atoms with Gasteiger partial charge in [-0.25, -0.2) is 0 Å². The van der Waals surface area contributed by atoms with Crippen LogP contribution in [-0.2, 0) is 12.8 Å². The Kier molecular flexibility index (Phi) is 4.11. The molecule has 2 nitrogen and oxygen atoms in total. The minimum Gasteiger partial charge on any atom is -0.384 e. The number of halogens is 1. The molecule has 1 heterocycles. The summed E-state index contributed by atoms with van der Waals surface area (Å²) in [6.45, 7) is 3.26. The molecule has 1 N–H and O–H groups in total. The van der Waals surface area contributed by atoms with Crippen molar-refractivity contribution in [3.8, 4) is 0 Å². The lowest BCUT2D eigenvalue weighted by atomic mass is 9.92. The van der Waals surface area contributed by atoms with E-state index in [0.29, 0.717) is 0 Å². The molecular weight excluding hydrogens is 268 g/mol. The highest BCUT2D eigenvalue weighted by molar-refractivity contribution is 6.31. The van der Waals surface area contributed by atoms with Crippen LogP contribution in [0.3, 0.4) is 0 Å². The standard InChI is InChI=1S/C17H21ClN2/c1-2-3-10-19-17-13-6-4-5-7-15(13)20-16-11-12(18)8-9-14(16)17/h8-9,11H,2-7,10H2,1H3,(H,19,20). The summed E-state index contributed by atoms with van der Waals surface area (Å²) >= 11 is 6.12. The van der Waals surface area contributed by atoms with E-state index in [4.69, 9.17) is 16.6 Å². The zero-order valence-corrected chi connectivity index (χ0v) is 12.8. The van der Waals surface area contributed by atoms with E-state index in [1.807, 2.05) is 12.1 Å². The summed E-state index contributed by atoms with van der Waals surface area (Å²) in [6, 6.07) is 6.05. The minimum absolute atomic E-state index is 0.764. The van der Waals surface area contributed by atoms with Gasteiger partial charge in [-0.05, 0) is 55.9 Å². The maximum atomic E-state index is 6.12. The average Bonchev–Trinajstić information content (AvgIpc) is 2.46. The first-order valence-corrected chi connectivity index (χ1v) is 8.02. The number of aromatic nitrogens is 1. The second-order valence-electron chi connectivity index (χ2n) is 5.56. The molecule has 0 amide bonds. The number of pyridine rings is 1. The third-order valence-corrected chi connectivity index (χ3v) is 4.29. The van der Waals surface area contributed by atoms with E-state index in [1.54, 1.807) is 0 Å². The van der Waals surface area contributed by atoms with Crippen molar-refractivity contribution in [1.82, 2.24) is 4.98 Å². The highest BCUT2D eigenvalue weighted by Gasteiger charge is 2.17. The molecule has 0 aliphatic heterocycles. The van der Waals surface area contributed by atoms with Crippen LogP contribution in [0.4, 0.5) is 5.69 Å². The van der Waals surface area contributed by atoms with Gasteiger partial charge in [-0.3, -0.25) is 4.98 Å². The van der Waals surface area contributed by atoms with Crippen molar-refractivity contribution in [2.45, 2.75) is 45.4 Å². The van der Waals surface area contributed by atoms with Crippen LogP contribution < -0.4 is 5.32 Å². The van der Waals surface area contributed by atoms with E-state index in [0.717, 1.165) is 29.9 Å². The number of rotatable bonds is 4. The highest BCUT2D eigenvalue weighted by atomic mass is 35.5.